The number of ether oxygens (including phenoxy) is 2. The van der Waals surface area contributed by atoms with Crippen molar-refractivity contribution >= 4 is 17.8 Å². The largest absolute Gasteiger partial charge is 0.489 e. The lowest BCUT2D eigenvalue weighted by molar-refractivity contribution is -0.140. The van der Waals surface area contributed by atoms with Crippen LogP contribution in [-0.4, -0.2) is 49.4 Å². The number of likely N-dealkylation sites (tertiary alicyclic amines) is 1. The third-order valence-electron chi connectivity index (χ3n) is 7.62. The molecular weight excluding hydrogens is 504 g/mol. The van der Waals surface area contributed by atoms with Gasteiger partial charge in [-0.05, 0) is 54.5 Å². The van der Waals surface area contributed by atoms with E-state index < -0.39 is 5.92 Å². The SMILES string of the molecule is COC(=O)CCNC(=O)[C@H](c1ccc(OCc2ccccc2)cc1)C1CCN(C(=O)[C@H](C)c2ccccc2)CC1. The number of carbonyl (C=O) groups is 3. The topological polar surface area (TPSA) is 84.9 Å². The Morgan fingerprint density at radius 2 is 1.50 bits per heavy atom. The zero-order valence-electron chi connectivity index (χ0n) is 23.3. The number of nitrogens with one attached hydrogen (secondary N) is 1. The molecule has 1 N–H and O–H groups in total. The molecule has 0 bridgehead atoms. The highest BCUT2D eigenvalue weighted by molar-refractivity contribution is 5.85. The number of nitrogens with zero attached hydrogens (tertiary/aromatic N) is 1. The highest BCUT2D eigenvalue weighted by atomic mass is 16.5. The number of hydrogen-bond acceptors (Lipinski definition) is 5. The molecule has 7 heteroatoms. The van der Waals surface area contributed by atoms with Crippen LogP contribution in [0.2, 0.25) is 0 Å². The number of piperidine rings is 1. The lowest BCUT2D eigenvalue weighted by Gasteiger charge is -2.37. The Labute approximate surface area is 236 Å². The number of benzene rings is 3. The van der Waals surface area contributed by atoms with Gasteiger partial charge in [0.25, 0.3) is 0 Å². The molecular formula is C33H38N2O5. The second-order valence-electron chi connectivity index (χ2n) is 10.2. The normalized spacial score (nSPS) is 15.1. The third kappa shape index (κ3) is 7.72. The fourth-order valence-electron chi connectivity index (χ4n) is 5.26. The molecule has 2 atom stereocenters. The van der Waals surface area contributed by atoms with Crippen LogP contribution < -0.4 is 10.1 Å². The van der Waals surface area contributed by atoms with Crippen molar-refractivity contribution in [3.05, 3.63) is 102 Å². The molecule has 3 aromatic rings. The summed E-state index contributed by atoms with van der Waals surface area (Å²) >= 11 is 0. The second kappa shape index (κ2) is 14.3. The van der Waals surface area contributed by atoms with Crippen LogP contribution in [0, 0.1) is 5.92 Å². The quantitative estimate of drug-likeness (QED) is 0.342. The van der Waals surface area contributed by atoms with Gasteiger partial charge in [-0.25, -0.2) is 0 Å². The van der Waals surface area contributed by atoms with Gasteiger partial charge in [-0.15, -0.1) is 0 Å². The Hall–Kier alpha value is -4.13. The van der Waals surface area contributed by atoms with Crippen molar-refractivity contribution in [1.29, 1.82) is 0 Å². The molecule has 1 aliphatic rings. The Morgan fingerprint density at radius 3 is 2.12 bits per heavy atom. The van der Waals surface area contributed by atoms with Gasteiger partial charge in [-0.1, -0.05) is 72.8 Å². The first kappa shape index (κ1) is 28.9. The van der Waals surface area contributed by atoms with Gasteiger partial charge in [0.2, 0.25) is 11.8 Å². The maximum absolute atomic E-state index is 13.4. The highest BCUT2D eigenvalue weighted by Crippen LogP contribution is 2.35. The molecule has 1 heterocycles. The van der Waals surface area contributed by atoms with Crippen molar-refractivity contribution in [2.75, 3.05) is 26.7 Å². The van der Waals surface area contributed by atoms with Gasteiger partial charge in [0, 0.05) is 19.6 Å². The summed E-state index contributed by atoms with van der Waals surface area (Å²) < 4.78 is 10.6. The van der Waals surface area contributed by atoms with Gasteiger partial charge in [0.15, 0.2) is 0 Å². The van der Waals surface area contributed by atoms with Crippen molar-refractivity contribution in [2.24, 2.45) is 5.92 Å². The summed E-state index contributed by atoms with van der Waals surface area (Å²) in [5.41, 5.74) is 2.98. The summed E-state index contributed by atoms with van der Waals surface area (Å²) in [5.74, 6) is -0.190. The Kier molecular flexibility index (Phi) is 10.3. The van der Waals surface area contributed by atoms with Crippen molar-refractivity contribution in [2.45, 2.75) is 44.6 Å². The summed E-state index contributed by atoms with van der Waals surface area (Å²) in [5, 5.41) is 2.93. The molecule has 1 fully saturated rings. The summed E-state index contributed by atoms with van der Waals surface area (Å²) in [6.07, 6.45) is 1.55. The average molecular weight is 543 g/mol. The number of hydrogen-bond donors (Lipinski definition) is 1. The summed E-state index contributed by atoms with van der Waals surface area (Å²) in [7, 11) is 1.34. The molecule has 1 saturated heterocycles. The van der Waals surface area contributed by atoms with E-state index in [4.69, 9.17) is 9.47 Å². The van der Waals surface area contributed by atoms with Crippen LogP contribution >= 0.6 is 0 Å². The minimum absolute atomic E-state index is 0.0605. The Balaban J connectivity index is 1.42. The van der Waals surface area contributed by atoms with Crippen molar-refractivity contribution in [3.63, 3.8) is 0 Å². The highest BCUT2D eigenvalue weighted by Gasteiger charge is 2.35. The zero-order valence-corrected chi connectivity index (χ0v) is 23.3. The molecule has 210 valence electrons. The first-order valence-corrected chi connectivity index (χ1v) is 13.9. The summed E-state index contributed by atoms with van der Waals surface area (Å²) in [6.45, 7) is 3.83. The van der Waals surface area contributed by atoms with E-state index in [1.54, 1.807) is 0 Å². The van der Waals surface area contributed by atoms with Crippen LogP contribution in [0.25, 0.3) is 0 Å². The number of esters is 1. The van der Waals surface area contributed by atoms with Gasteiger partial charge >= 0.3 is 5.97 Å². The van der Waals surface area contributed by atoms with E-state index in [0.29, 0.717) is 32.5 Å². The Bertz CT molecular complexity index is 1240. The van der Waals surface area contributed by atoms with Crippen LogP contribution in [0.3, 0.4) is 0 Å². The second-order valence-corrected chi connectivity index (χ2v) is 10.2. The van der Waals surface area contributed by atoms with Crippen LogP contribution in [0.15, 0.2) is 84.9 Å². The molecule has 0 unspecified atom stereocenters. The number of rotatable bonds is 11. The van der Waals surface area contributed by atoms with E-state index >= 15 is 0 Å². The van der Waals surface area contributed by atoms with Crippen LogP contribution in [0.5, 0.6) is 5.75 Å². The van der Waals surface area contributed by atoms with Gasteiger partial charge in [0.1, 0.15) is 12.4 Å². The van der Waals surface area contributed by atoms with Gasteiger partial charge in [-0.3, -0.25) is 14.4 Å². The maximum Gasteiger partial charge on any atom is 0.307 e. The van der Waals surface area contributed by atoms with E-state index in [1.165, 1.54) is 7.11 Å². The zero-order chi connectivity index (χ0) is 28.3. The molecule has 4 rings (SSSR count). The third-order valence-corrected chi connectivity index (χ3v) is 7.62. The molecule has 3 aromatic carbocycles. The molecule has 7 nitrogen and oxygen atoms in total. The van der Waals surface area contributed by atoms with Crippen LogP contribution in [0.4, 0.5) is 0 Å². The van der Waals surface area contributed by atoms with Gasteiger partial charge < -0.3 is 19.7 Å². The maximum atomic E-state index is 13.4. The Morgan fingerprint density at radius 1 is 0.875 bits per heavy atom. The molecule has 0 aromatic heterocycles. The van der Waals surface area contributed by atoms with Gasteiger partial charge in [-0.2, -0.15) is 0 Å². The van der Waals surface area contributed by atoms with E-state index in [9.17, 15) is 14.4 Å². The standard InChI is InChI=1S/C33H38N2O5/c1-24(26-11-7-4-8-12-26)33(38)35-21-18-28(19-22-35)31(32(37)34-20-17-30(36)39-2)27-13-15-29(16-14-27)40-23-25-9-5-3-6-10-25/h3-16,24,28,31H,17-23H2,1-2H3,(H,34,37)/t24-,31-/m1/s1. The van der Waals surface area contributed by atoms with E-state index in [2.05, 4.69) is 5.32 Å². The van der Waals surface area contributed by atoms with E-state index in [1.807, 2.05) is 96.8 Å². The van der Waals surface area contributed by atoms with Crippen LogP contribution in [0.1, 0.15) is 54.7 Å². The lowest BCUT2D eigenvalue weighted by Crippen LogP contribution is -2.44. The number of amides is 2. The van der Waals surface area contributed by atoms with Crippen LogP contribution in [-0.2, 0) is 25.7 Å². The number of methoxy groups -OCH3 is 1. The summed E-state index contributed by atoms with van der Waals surface area (Å²) in [6, 6.07) is 27.5. The van der Waals surface area contributed by atoms with E-state index in [-0.39, 0.29) is 42.6 Å². The molecule has 40 heavy (non-hydrogen) atoms. The predicted octanol–water partition coefficient (Wildman–Crippen LogP) is 5.07. The van der Waals surface area contributed by atoms with Crippen molar-refractivity contribution in [3.8, 4) is 5.75 Å². The van der Waals surface area contributed by atoms with Crippen molar-refractivity contribution in [1.82, 2.24) is 10.2 Å². The fraction of sp³-hybridized carbons (Fsp3) is 0.364. The van der Waals surface area contributed by atoms with E-state index in [0.717, 1.165) is 22.4 Å². The first-order valence-electron chi connectivity index (χ1n) is 13.9. The first-order chi connectivity index (χ1) is 19.5. The van der Waals surface area contributed by atoms with Gasteiger partial charge in [0.05, 0.1) is 25.4 Å². The monoisotopic (exact) mass is 542 g/mol. The smallest absolute Gasteiger partial charge is 0.307 e. The average Bonchev–Trinajstić information content (AvgIpc) is 3.01. The number of carbonyl (C=O) groups excluding carboxylic acids is 3. The molecule has 0 spiro atoms. The molecule has 1 aliphatic heterocycles. The minimum Gasteiger partial charge on any atom is -0.489 e. The minimum atomic E-state index is -0.399. The fourth-order valence-corrected chi connectivity index (χ4v) is 5.26. The molecule has 0 radical (unpaired) electrons. The molecule has 0 aliphatic carbocycles. The predicted molar refractivity (Wildman–Crippen MR) is 154 cm³/mol. The summed E-state index contributed by atoms with van der Waals surface area (Å²) in [4.78, 5) is 40.1. The van der Waals surface area contributed by atoms with Crippen molar-refractivity contribution < 1.29 is 23.9 Å². The molecule has 0 saturated carbocycles. The lowest BCUT2D eigenvalue weighted by atomic mass is 9.79. The molecule has 2 amide bonds.